The first kappa shape index (κ1) is 22.5. The van der Waals surface area contributed by atoms with E-state index < -0.39 is 0 Å². The fourth-order valence-corrected chi connectivity index (χ4v) is 4.95. The van der Waals surface area contributed by atoms with E-state index in [0.29, 0.717) is 46.6 Å². The molecule has 0 atom stereocenters. The van der Waals surface area contributed by atoms with Crippen molar-refractivity contribution in [2.75, 3.05) is 18.2 Å². The summed E-state index contributed by atoms with van der Waals surface area (Å²) in [6, 6.07) is 5.67. The van der Waals surface area contributed by atoms with Gasteiger partial charge in [-0.15, -0.1) is 0 Å². The topological polar surface area (TPSA) is 131 Å². The summed E-state index contributed by atoms with van der Waals surface area (Å²) in [6.45, 7) is 0.582. The molecule has 0 radical (unpaired) electrons. The predicted molar refractivity (Wildman–Crippen MR) is 128 cm³/mol. The minimum atomic E-state index is -0.145. The van der Waals surface area contributed by atoms with Gasteiger partial charge in [-0.1, -0.05) is 11.8 Å². The van der Waals surface area contributed by atoms with Crippen molar-refractivity contribution in [1.82, 2.24) is 30.6 Å². The van der Waals surface area contributed by atoms with Crippen molar-refractivity contribution >= 4 is 40.4 Å². The smallest absolute Gasteiger partial charge is 0.253 e. The van der Waals surface area contributed by atoms with Crippen LogP contribution in [0.5, 0.6) is 5.88 Å². The van der Waals surface area contributed by atoms with Crippen molar-refractivity contribution in [1.29, 1.82) is 0 Å². The lowest BCUT2D eigenvalue weighted by Gasteiger charge is -2.30. The van der Waals surface area contributed by atoms with Gasteiger partial charge in [0.1, 0.15) is 10.5 Å². The van der Waals surface area contributed by atoms with Crippen LogP contribution in [0.2, 0.25) is 0 Å². The summed E-state index contributed by atoms with van der Waals surface area (Å²) in [5.74, 6) is 1.18. The van der Waals surface area contributed by atoms with Crippen molar-refractivity contribution in [3.63, 3.8) is 0 Å². The van der Waals surface area contributed by atoms with Gasteiger partial charge in [0.15, 0.2) is 5.82 Å². The zero-order valence-corrected chi connectivity index (χ0v) is 19.5. The highest BCUT2D eigenvalue weighted by atomic mass is 32.2. The molecule has 2 amide bonds. The third-order valence-corrected chi connectivity index (χ3v) is 7.01. The number of carbonyl (C=O) groups excluding carboxylic acids is 2. The monoisotopic (exact) mass is 479 g/mol. The second kappa shape index (κ2) is 9.90. The minimum Gasteiger partial charge on any atom is -0.481 e. The number of anilines is 1. The van der Waals surface area contributed by atoms with Crippen LogP contribution in [0.3, 0.4) is 0 Å². The number of methoxy groups -OCH3 is 1. The summed E-state index contributed by atoms with van der Waals surface area (Å²) in [5, 5.41) is 10.2. The fraction of sp³-hybridized carbons (Fsp3) is 0.391. The Balaban J connectivity index is 1.14. The molecule has 0 unspecified atom stereocenters. The van der Waals surface area contributed by atoms with Crippen molar-refractivity contribution in [3.8, 4) is 5.88 Å². The Labute approximate surface area is 200 Å². The summed E-state index contributed by atoms with van der Waals surface area (Å²) in [7, 11) is 1.55. The van der Waals surface area contributed by atoms with Gasteiger partial charge in [-0.3, -0.25) is 14.6 Å². The van der Waals surface area contributed by atoms with E-state index in [4.69, 9.17) is 4.74 Å². The average Bonchev–Trinajstić information content (AvgIpc) is 2.87. The molecule has 3 aromatic heterocycles. The number of amides is 2. The van der Waals surface area contributed by atoms with E-state index >= 15 is 0 Å². The van der Waals surface area contributed by atoms with Gasteiger partial charge >= 0.3 is 0 Å². The van der Waals surface area contributed by atoms with E-state index in [2.05, 4.69) is 35.9 Å². The first-order valence-corrected chi connectivity index (χ1v) is 12.2. The van der Waals surface area contributed by atoms with E-state index in [1.807, 2.05) is 0 Å². The molecule has 5 rings (SSSR count). The standard InChI is InChI=1S/C23H25N7O3S/c1-33-19-7-6-17-20(30-19)16(8-9-24-17)22(32)28-14-4-2-13(3-5-14)25-10-15-11-26-23-21(27-15)29-18(31)12-34-23/h6-9,11,13-14,25H,2-5,10,12H2,1H3,(H,28,32)(H,27,29,31). The largest absolute Gasteiger partial charge is 0.481 e. The first-order chi connectivity index (χ1) is 16.6. The molecular formula is C23H25N7O3S. The average molecular weight is 480 g/mol. The number of pyridine rings is 2. The van der Waals surface area contributed by atoms with E-state index in [1.54, 1.807) is 37.7 Å². The van der Waals surface area contributed by atoms with E-state index in [9.17, 15) is 9.59 Å². The molecule has 2 aliphatic rings. The van der Waals surface area contributed by atoms with Gasteiger partial charge in [-0.25, -0.2) is 15.0 Å². The summed E-state index contributed by atoms with van der Waals surface area (Å²) in [5.41, 5.74) is 2.49. The summed E-state index contributed by atoms with van der Waals surface area (Å²) < 4.78 is 5.20. The van der Waals surface area contributed by atoms with Gasteiger partial charge in [0, 0.05) is 30.9 Å². The molecule has 3 N–H and O–H groups in total. The Hall–Kier alpha value is -3.31. The Morgan fingerprint density at radius 1 is 1.15 bits per heavy atom. The molecule has 0 saturated heterocycles. The van der Waals surface area contributed by atoms with Crippen LogP contribution in [-0.4, -0.2) is 56.7 Å². The Bertz CT molecular complexity index is 1230. The Morgan fingerprint density at radius 3 is 2.79 bits per heavy atom. The molecule has 0 aromatic carbocycles. The number of hydrogen-bond acceptors (Lipinski definition) is 9. The SMILES string of the molecule is COc1ccc2nccc(C(=O)NC3CCC(NCc4cnc5c(n4)NC(=O)CS5)CC3)c2n1. The number of nitrogens with one attached hydrogen (secondary N) is 3. The number of hydrogen-bond donors (Lipinski definition) is 3. The third-order valence-electron chi connectivity index (χ3n) is 6.03. The molecule has 176 valence electrons. The normalized spacial score (nSPS) is 19.9. The number of aromatic nitrogens is 4. The third kappa shape index (κ3) is 4.95. The molecule has 34 heavy (non-hydrogen) atoms. The predicted octanol–water partition coefficient (Wildman–Crippen LogP) is 2.30. The maximum atomic E-state index is 13.0. The Morgan fingerprint density at radius 2 is 1.97 bits per heavy atom. The Kier molecular flexibility index (Phi) is 6.54. The van der Waals surface area contributed by atoms with Crippen LogP contribution in [0.25, 0.3) is 11.0 Å². The van der Waals surface area contributed by atoms with Gasteiger partial charge in [-0.05, 0) is 37.8 Å². The molecule has 1 aliphatic heterocycles. The number of ether oxygens (including phenoxy) is 1. The van der Waals surface area contributed by atoms with E-state index in [-0.39, 0.29) is 17.9 Å². The maximum Gasteiger partial charge on any atom is 0.253 e. The second-order valence-corrected chi connectivity index (χ2v) is 9.30. The lowest BCUT2D eigenvalue weighted by molar-refractivity contribution is -0.113. The first-order valence-electron chi connectivity index (χ1n) is 11.2. The number of thioether (sulfide) groups is 1. The van der Waals surface area contributed by atoms with Crippen LogP contribution in [0, 0.1) is 0 Å². The molecule has 0 bridgehead atoms. The molecule has 0 spiro atoms. The van der Waals surface area contributed by atoms with E-state index in [1.165, 1.54) is 11.8 Å². The fourth-order valence-electron chi connectivity index (χ4n) is 4.25. The summed E-state index contributed by atoms with van der Waals surface area (Å²) in [6.07, 6.45) is 7.03. The summed E-state index contributed by atoms with van der Waals surface area (Å²) >= 11 is 1.40. The van der Waals surface area contributed by atoms with Gasteiger partial charge in [0.25, 0.3) is 5.91 Å². The zero-order chi connectivity index (χ0) is 23.5. The van der Waals surface area contributed by atoms with Gasteiger partial charge in [0.05, 0.1) is 35.8 Å². The lowest BCUT2D eigenvalue weighted by atomic mass is 9.91. The van der Waals surface area contributed by atoms with Crippen LogP contribution in [0.4, 0.5) is 5.82 Å². The van der Waals surface area contributed by atoms with Gasteiger partial charge < -0.3 is 20.7 Å². The number of carbonyl (C=O) groups is 2. The van der Waals surface area contributed by atoms with Crippen LogP contribution >= 0.6 is 11.8 Å². The van der Waals surface area contributed by atoms with Gasteiger partial charge in [0.2, 0.25) is 11.8 Å². The lowest BCUT2D eigenvalue weighted by Crippen LogP contribution is -2.42. The highest BCUT2D eigenvalue weighted by Gasteiger charge is 2.24. The van der Waals surface area contributed by atoms with Crippen molar-refractivity contribution in [2.24, 2.45) is 0 Å². The molecular weight excluding hydrogens is 454 g/mol. The summed E-state index contributed by atoms with van der Waals surface area (Å²) in [4.78, 5) is 42.2. The molecule has 1 saturated carbocycles. The van der Waals surface area contributed by atoms with Crippen molar-refractivity contribution < 1.29 is 14.3 Å². The maximum absolute atomic E-state index is 13.0. The highest BCUT2D eigenvalue weighted by Crippen LogP contribution is 2.27. The van der Waals surface area contributed by atoms with Crippen LogP contribution in [0.1, 0.15) is 41.7 Å². The van der Waals surface area contributed by atoms with Crippen LogP contribution < -0.4 is 20.7 Å². The highest BCUT2D eigenvalue weighted by molar-refractivity contribution is 8.00. The molecule has 10 nitrogen and oxygen atoms in total. The zero-order valence-electron chi connectivity index (χ0n) is 18.7. The second-order valence-electron chi connectivity index (χ2n) is 8.33. The quantitative estimate of drug-likeness (QED) is 0.487. The van der Waals surface area contributed by atoms with Crippen molar-refractivity contribution in [3.05, 3.63) is 41.9 Å². The minimum absolute atomic E-state index is 0.0491. The number of fused-ring (bicyclic) bond motifs is 2. The number of nitrogens with zero attached hydrogens (tertiary/aromatic N) is 4. The van der Waals surface area contributed by atoms with Crippen LogP contribution in [-0.2, 0) is 11.3 Å². The number of rotatable bonds is 6. The molecule has 3 aromatic rings. The van der Waals surface area contributed by atoms with Gasteiger partial charge in [-0.2, -0.15) is 0 Å². The van der Waals surface area contributed by atoms with Crippen LogP contribution in [0.15, 0.2) is 35.6 Å². The van der Waals surface area contributed by atoms with E-state index in [0.717, 1.165) is 36.4 Å². The molecule has 1 fully saturated rings. The molecule has 4 heterocycles. The molecule has 11 heteroatoms. The van der Waals surface area contributed by atoms with Crippen molar-refractivity contribution in [2.45, 2.75) is 49.3 Å². The molecule has 1 aliphatic carbocycles.